The standard InChI is InChI=1S/C12H19FN4O/c1-7(2)10-11(17(3)16-15-10)14-12(18)9(13)8-5-4-6-8/h7-9H,4-6H2,1-3H3,(H,14,18). The predicted octanol–water partition coefficient (Wildman–Crippen LogP) is 2.02. The zero-order valence-electron chi connectivity index (χ0n) is 11.0. The van der Waals surface area contributed by atoms with E-state index in [1.165, 1.54) is 4.68 Å². The topological polar surface area (TPSA) is 59.8 Å². The lowest BCUT2D eigenvalue weighted by atomic mass is 9.81. The Hall–Kier alpha value is -1.46. The van der Waals surface area contributed by atoms with Crippen molar-refractivity contribution in [3.63, 3.8) is 0 Å². The second-order valence-corrected chi connectivity index (χ2v) is 5.18. The van der Waals surface area contributed by atoms with E-state index in [0.29, 0.717) is 11.5 Å². The number of rotatable bonds is 4. The van der Waals surface area contributed by atoms with Gasteiger partial charge in [0.15, 0.2) is 12.0 Å². The van der Waals surface area contributed by atoms with Gasteiger partial charge in [-0.15, -0.1) is 5.10 Å². The highest BCUT2D eigenvalue weighted by Gasteiger charge is 2.33. The Balaban J connectivity index is 2.08. The van der Waals surface area contributed by atoms with E-state index in [9.17, 15) is 9.18 Å². The summed E-state index contributed by atoms with van der Waals surface area (Å²) >= 11 is 0. The first kappa shape index (κ1) is 13.0. The summed E-state index contributed by atoms with van der Waals surface area (Å²) in [5, 5.41) is 10.5. The fourth-order valence-corrected chi connectivity index (χ4v) is 2.04. The number of nitrogens with one attached hydrogen (secondary N) is 1. The Morgan fingerprint density at radius 1 is 1.50 bits per heavy atom. The van der Waals surface area contributed by atoms with Crippen LogP contribution < -0.4 is 5.32 Å². The van der Waals surface area contributed by atoms with Gasteiger partial charge in [0.2, 0.25) is 0 Å². The molecular weight excluding hydrogens is 235 g/mol. The lowest BCUT2D eigenvalue weighted by molar-refractivity contribution is -0.123. The molecule has 1 fully saturated rings. The molecule has 0 bridgehead atoms. The molecule has 0 aliphatic heterocycles. The molecule has 1 amide bonds. The number of aryl methyl sites for hydroxylation is 1. The van der Waals surface area contributed by atoms with Crippen molar-refractivity contribution in [3.8, 4) is 0 Å². The third-order valence-corrected chi connectivity index (χ3v) is 3.46. The molecule has 0 saturated heterocycles. The maximum absolute atomic E-state index is 13.8. The van der Waals surface area contributed by atoms with Gasteiger partial charge < -0.3 is 5.32 Å². The van der Waals surface area contributed by atoms with E-state index in [-0.39, 0.29) is 11.8 Å². The maximum Gasteiger partial charge on any atom is 0.260 e. The summed E-state index contributed by atoms with van der Waals surface area (Å²) in [5.41, 5.74) is 0.687. The van der Waals surface area contributed by atoms with Crippen LogP contribution in [0.4, 0.5) is 10.2 Å². The van der Waals surface area contributed by atoms with E-state index in [1.54, 1.807) is 7.05 Å². The molecule has 1 aliphatic carbocycles. The van der Waals surface area contributed by atoms with E-state index >= 15 is 0 Å². The van der Waals surface area contributed by atoms with Crippen molar-refractivity contribution in [2.24, 2.45) is 13.0 Å². The number of amides is 1. The Bertz CT molecular complexity index is 439. The Kier molecular flexibility index (Phi) is 3.63. The van der Waals surface area contributed by atoms with Gasteiger partial charge in [-0.25, -0.2) is 9.07 Å². The van der Waals surface area contributed by atoms with Gasteiger partial charge in [0.1, 0.15) is 5.69 Å². The molecule has 1 aromatic rings. The average molecular weight is 254 g/mol. The average Bonchev–Trinajstić information content (AvgIpc) is 2.58. The molecule has 0 aromatic carbocycles. The van der Waals surface area contributed by atoms with Crippen LogP contribution in [-0.4, -0.2) is 27.1 Å². The molecule has 1 aliphatic rings. The number of carbonyl (C=O) groups excluding carboxylic acids is 1. The Labute approximate surface area is 106 Å². The van der Waals surface area contributed by atoms with E-state index in [2.05, 4.69) is 15.6 Å². The third-order valence-electron chi connectivity index (χ3n) is 3.46. The molecule has 1 aromatic heterocycles. The van der Waals surface area contributed by atoms with Gasteiger partial charge in [-0.1, -0.05) is 25.5 Å². The molecule has 0 radical (unpaired) electrons. The molecule has 5 nitrogen and oxygen atoms in total. The predicted molar refractivity (Wildman–Crippen MR) is 66.0 cm³/mol. The van der Waals surface area contributed by atoms with Crippen LogP contribution in [0.25, 0.3) is 0 Å². The molecule has 100 valence electrons. The Morgan fingerprint density at radius 3 is 2.67 bits per heavy atom. The van der Waals surface area contributed by atoms with E-state index < -0.39 is 12.1 Å². The van der Waals surface area contributed by atoms with Crippen LogP contribution in [0.1, 0.15) is 44.7 Å². The van der Waals surface area contributed by atoms with E-state index in [4.69, 9.17) is 0 Å². The molecule has 1 saturated carbocycles. The number of aromatic nitrogens is 3. The molecule has 18 heavy (non-hydrogen) atoms. The van der Waals surface area contributed by atoms with Crippen molar-refractivity contribution in [2.45, 2.75) is 45.2 Å². The molecular formula is C12H19FN4O. The minimum absolute atomic E-state index is 0.117. The normalized spacial score (nSPS) is 17.6. The summed E-state index contributed by atoms with van der Waals surface area (Å²) < 4.78 is 15.3. The van der Waals surface area contributed by atoms with Crippen LogP contribution in [0.2, 0.25) is 0 Å². The van der Waals surface area contributed by atoms with Gasteiger partial charge in [0, 0.05) is 13.0 Å². The van der Waals surface area contributed by atoms with Gasteiger partial charge in [0.25, 0.3) is 5.91 Å². The van der Waals surface area contributed by atoms with Crippen molar-refractivity contribution >= 4 is 11.7 Å². The third kappa shape index (κ3) is 2.37. The first-order valence-corrected chi connectivity index (χ1v) is 6.35. The van der Waals surface area contributed by atoms with Crippen molar-refractivity contribution in [3.05, 3.63) is 5.69 Å². The van der Waals surface area contributed by atoms with Crippen LogP contribution in [0.5, 0.6) is 0 Å². The summed E-state index contributed by atoms with van der Waals surface area (Å²) in [6.07, 6.45) is 1.20. The Morgan fingerprint density at radius 2 is 2.17 bits per heavy atom. The molecule has 2 rings (SSSR count). The second kappa shape index (κ2) is 5.04. The molecule has 6 heteroatoms. The number of hydrogen-bond acceptors (Lipinski definition) is 3. The zero-order chi connectivity index (χ0) is 13.3. The number of anilines is 1. The number of carbonyl (C=O) groups is 1. The van der Waals surface area contributed by atoms with Crippen LogP contribution in [0.15, 0.2) is 0 Å². The number of alkyl halides is 1. The summed E-state index contributed by atoms with van der Waals surface area (Å²) in [5.74, 6) is -0.0616. The first-order chi connectivity index (χ1) is 8.50. The number of nitrogens with zero attached hydrogens (tertiary/aromatic N) is 3. The molecule has 0 spiro atoms. The van der Waals surface area contributed by atoms with E-state index in [0.717, 1.165) is 19.3 Å². The maximum atomic E-state index is 13.8. The largest absolute Gasteiger partial charge is 0.307 e. The fourth-order valence-electron chi connectivity index (χ4n) is 2.04. The summed E-state index contributed by atoms with van der Waals surface area (Å²) in [4.78, 5) is 11.8. The van der Waals surface area contributed by atoms with Crippen LogP contribution in [-0.2, 0) is 11.8 Å². The number of hydrogen-bond donors (Lipinski definition) is 1. The van der Waals surface area contributed by atoms with Gasteiger partial charge in [-0.2, -0.15) is 0 Å². The summed E-state index contributed by atoms with van der Waals surface area (Å²) in [6, 6.07) is 0. The van der Waals surface area contributed by atoms with Crippen molar-refractivity contribution in [2.75, 3.05) is 5.32 Å². The molecule has 1 unspecified atom stereocenters. The highest BCUT2D eigenvalue weighted by atomic mass is 19.1. The summed E-state index contributed by atoms with van der Waals surface area (Å²) in [7, 11) is 1.69. The van der Waals surface area contributed by atoms with Crippen LogP contribution in [0, 0.1) is 5.92 Å². The zero-order valence-corrected chi connectivity index (χ0v) is 11.0. The second-order valence-electron chi connectivity index (χ2n) is 5.18. The molecule has 1 heterocycles. The highest BCUT2D eigenvalue weighted by Crippen LogP contribution is 2.32. The molecule has 1 atom stereocenters. The fraction of sp³-hybridized carbons (Fsp3) is 0.750. The molecule has 1 N–H and O–H groups in total. The van der Waals surface area contributed by atoms with Crippen molar-refractivity contribution in [1.29, 1.82) is 0 Å². The van der Waals surface area contributed by atoms with Crippen molar-refractivity contribution < 1.29 is 9.18 Å². The van der Waals surface area contributed by atoms with Gasteiger partial charge in [-0.3, -0.25) is 4.79 Å². The number of halogens is 1. The lowest BCUT2D eigenvalue weighted by Gasteiger charge is -2.27. The van der Waals surface area contributed by atoms with Crippen LogP contribution >= 0.6 is 0 Å². The van der Waals surface area contributed by atoms with E-state index in [1.807, 2.05) is 13.8 Å². The van der Waals surface area contributed by atoms with Gasteiger partial charge in [0.05, 0.1) is 0 Å². The van der Waals surface area contributed by atoms with Gasteiger partial charge in [-0.05, 0) is 18.8 Å². The highest BCUT2D eigenvalue weighted by molar-refractivity contribution is 5.94. The minimum Gasteiger partial charge on any atom is -0.307 e. The quantitative estimate of drug-likeness (QED) is 0.894. The SMILES string of the molecule is CC(C)c1nnn(C)c1NC(=O)C(F)C1CCC1. The van der Waals surface area contributed by atoms with Crippen molar-refractivity contribution in [1.82, 2.24) is 15.0 Å². The first-order valence-electron chi connectivity index (χ1n) is 6.35. The minimum atomic E-state index is -1.42. The van der Waals surface area contributed by atoms with Crippen LogP contribution in [0.3, 0.4) is 0 Å². The summed E-state index contributed by atoms with van der Waals surface area (Å²) in [6.45, 7) is 3.91. The monoisotopic (exact) mass is 254 g/mol. The lowest BCUT2D eigenvalue weighted by Crippen LogP contribution is -2.35. The van der Waals surface area contributed by atoms with Gasteiger partial charge >= 0.3 is 0 Å². The smallest absolute Gasteiger partial charge is 0.260 e.